The molecule has 2 rings (SSSR count). The zero-order valence-corrected chi connectivity index (χ0v) is 14.0. The van der Waals surface area contributed by atoms with Gasteiger partial charge in [-0.3, -0.25) is 4.79 Å². The van der Waals surface area contributed by atoms with E-state index >= 15 is 0 Å². The minimum absolute atomic E-state index is 0.00763. The van der Waals surface area contributed by atoms with Crippen LogP contribution in [0.25, 0.3) is 0 Å². The maximum absolute atomic E-state index is 13.8. The average Bonchev–Trinajstić information content (AvgIpc) is 2.63. The summed E-state index contributed by atoms with van der Waals surface area (Å²) in [6, 6.07) is 8.53. The Bertz CT molecular complexity index is 917. The minimum atomic E-state index is -0.809. The summed E-state index contributed by atoms with van der Waals surface area (Å²) < 4.78 is 18.9. The van der Waals surface area contributed by atoms with Crippen molar-refractivity contribution in [2.24, 2.45) is 5.10 Å². The van der Waals surface area contributed by atoms with Crippen LogP contribution in [0, 0.1) is 17.1 Å². The molecule has 0 fully saturated rings. The third kappa shape index (κ3) is 4.24. The molecule has 26 heavy (non-hydrogen) atoms. The van der Waals surface area contributed by atoms with Crippen LogP contribution in [-0.4, -0.2) is 24.3 Å². The summed E-state index contributed by atoms with van der Waals surface area (Å²) in [5.41, 5.74) is 3.26. The van der Waals surface area contributed by atoms with Gasteiger partial charge in [0.15, 0.2) is 11.5 Å². The highest BCUT2D eigenvalue weighted by atomic mass is 19.1. The molecule has 0 aliphatic carbocycles. The molecule has 2 aromatic rings. The Morgan fingerprint density at radius 2 is 2.23 bits per heavy atom. The number of rotatable bonds is 6. The number of phenolic OH excluding ortho intramolecular Hbond substituents is 1. The number of amides is 1. The lowest BCUT2D eigenvalue weighted by Gasteiger charge is -2.09. The number of halogens is 1. The molecule has 2 aromatic carbocycles. The van der Waals surface area contributed by atoms with E-state index in [2.05, 4.69) is 17.1 Å². The van der Waals surface area contributed by atoms with Gasteiger partial charge in [-0.1, -0.05) is 6.08 Å². The Kier molecular flexibility index (Phi) is 6.06. The minimum Gasteiger partial charge on any atom is -0.504 e. The number of nitrogens with one attached hydrogen (secondary N) is 1. The lowest BCUT2D eigenvalue weighted by atomic mass is 10.1. The number of ether oxygens (including phenoxy) is 1. The fourth-order valence-corrected chi connectivity index (χ4v) is 2.22. The van der Waals surface area contributed by atoms with Gasteiger partial charge in [0.25, 0.3) is 5.91 Å². The quantitative estimate of drug-likeness (QED) is 0.474. The zero-order chi connectivity index (χ0) is 19.1. The molecule has 0 radical (unpaired) electrons. The van der Waals surface area contributed by atoms with Crippen LogP contribution in [0.4, 0.5) is 4.39 Å². The lowest BCUT2D eigenvalue weighted by molar-refractivity contribution is 0.0951. The summed E-state index contributed by atoms with van der Waals surface area (Å²) in [6.07, 6.45) is 3.39. The zero-order valence-electron chi connectivity index (χ0n) is 14.0. The smallest absolute Gasteiger partial charge is 0.274 e. The molecular weight excluding hydrogens is 337 g/mol. The van der Waals surface area contributed by atoms with Crippen molar-refractivity contribution < 1.29 is 19.0 Å². The molecule has 7 heteroatoms. The van der Waals surface area contributed by atoms with Gasteiger partial charge in [-0.05, 0) is 42.3 Å². The van der Waals surface area contributed by atoms with Crippen LogP contribution in [-0.2, 0) is 6.42 Å². The van der Waals surface area contributed by atoms with Gasteiger partial charge in [0.1, 0.15) is 5.82 Å². The molecule has 0 atom stereocenters. The molecule has 0 saturated carbocycles. The third-order valence-electron chi connectivity index (χ3n) is 3.48. The Hall–Kier alpha value is -3.66. The lowest BCUT2D eigenvalue weighted by Crippen LogP contribution is -2.19. The fraction of sp³-hybridized carbons (Fsp3) is 0.105. The Morgan fingerprint density at radius 3 is 2.85 bits per heavy atom. The van der Waals surface area contributed by atoms with E-state index in [1.807, 2.05) is 0 Å². The molecule has 0 saturated heterocycles. The van der Waals surface area contributed by atoms with Gasteiger partial charge in [-0.2, -0.15) is 10.4 Å². The normalized spacial score (nSPS) is 10.3. The first-order valence-corrected chi connectivity index (χ1v) is 7.54. The molecule has 6 nitrogen and oxygen atoms in total. The number of carbonyl (C=O) groups is 1. The summed E-state index contributed by atoms with van der Waals surface area (Å²) in [4.78, 5) is 12.0. The largest absolute Gasteiger partial charge is 0.504 e. The van der Waals surface area contributed by atoms with E-state index in [9.17, 15) is 14.3 Å². The van der Waals surface area contributed by atoms with Crippen molar-refractivity contribution in [3.8, 4) is 17.6 Å². The van der Waals surface area contributed by atoms with Crippen molar-refractivity contribution in [3.63, 3.8) is 0 Å². The van der Waals surface area contributed by atoms with Gasteiger partial charge in [0.2, 0.25) is 0 Å². The SMILES string of the molecule is C=CCc1cc(C=NNC(=O)c2ccc(C#N)cc2F)cc(OC)c1O. The van der Waals surface area contributed by atoms with E-state index in [1.54, 1.807) is 24.3 Å². The maximum Gasteiger partial charge on any atom is 0.274 e. The second-order valence-electron chi connectivity index (χ2n) is 5.23. The van der Waals surface area contributed by atoms with Gasteiger partial charge in [-0.15, -0.1) is 6.58 Å². The van der Waals surface area contributed by atoms with Crippen molar-refractivity contribution in [2.45, 2.75) is 6.42 Å². The number of methoxy groups -OCH3 is 1. The van der Waals surface area contributed by atoms with Crippen LogP contribution >= 0.6 is 0 Å². The van der Waals surface area contributed by atoms with Gasteiger partial charge in [0, 0.05) is 5.56 Å². The van der Waals surface area contributed by atoms with Crippen LogP contribution in [0.5, 0.6) is 11.5 Å². The first kappa shape index (κ1) is 18.7. The van der Waals surface area contributed by atoms with E-state index in [0.29, 0.717) is 17.5 Å². The topological polar surface area (TPSA) is 94.7 Å². The molecule has 0 bridgehead atoms. The number of nitriles is 1. The number of carbonyl (C=O) groups excluding carboxylic acids is 1. The average molecular weight is 353 g/mol. The summed E-state index contributed by atoms with van der Waals surface area (Å²) in [7, 11) is 1.42. The van der Waals surface area contributed by atoms with E-state index in [-0.39, 0.29) is 22.6 Å². The maximum atomic E-state index is 13.8. The number of hydrogen-bond acceptors (Lipinski definition) is 5. The van der Waals surface area contributed by atoms with Crippen LogP contribution in [0.2, 0.25) is 0 Å². The van der Waals surface area contributed by atoms with Gasteiger partial charge in [-0.25, -0.2) is 9.82 Å². The van der Waals surface area contributed by atoms with Crippen molar-refractivity contribution in [1.29, 1.82) is 5.26 Å². The predicted molar refractivity (Wildman–Crippen MR) is 94.7 cm³/mol. The Balaban J connectivity index is 2.17. The highest BCUT2D eigenvalue weighted by molar-refractivity contribution is 5.95. The Labute approximate surface area is 149 Å². The molecule has 0 heterocycles. The van der Waals surface area contributed by atoms with E-state index in [0.717, 1.165) is 6.07 Å². The standard InChI is InChI=1S/C19H16FN3O3/c1-3-4-14-7-13(9-17(26-2)18(14)24)11-22-23-19(25)15-6-5-12(10-21)8-16(15)20/h3,5-9,11,24H,1,4H2,2H3,(H,23,25). The van der Waals surface area contributed by atoms with Crippen LogP contribution in [0.1, 0.15) is 27.0 Å². The van der Waals surface area contributed by atoms with E-state index < -0.39 is 11.7 Å². The number of phenols is 1. The second-order valence-corrected chi connectivity index (χ2v) is 5.23. The fourth-order valence-electron chi connectivity index (χ4n) is 2.22. The van der Waals surface area contributed by atoms with Crippen LogP contribution < -0.4 is 10.2 Å². The summed E-state index contributed by atoms with van der Waals surface area (Å²) in [5.74, 6) is -1.29. The van der Waals surface area contributed by atoms with Gasteiger partial charge >= 0.3 is 0 Å². The molecule has 0 unspecified atom stereocenters. The summed E-state index contributed by atoms with van der Waals surface area (Å²) in [5, 5.41) is 22.5. The number of hydrogen-bond donors (Lipinski definition) is 2. The number of hydrazone groups is 1. The Morgan fingerprint density at radius 1 is 1.46 bits per heavy atom. The molecule has 132 valence electrons. The molecule has 2 N–H and O–H groups in total. The van der Waals surface area contributed by atoms with Crippen molar-refractivity contribution in [3.05, 3.63) is 71.1 Å². The highest BCUT2D eigenvalue weighted by Crippen LogP contribution is 2.31. The third-order valence-corrected chi connectivity index (χ3v) is 3.48. The number of aromatic hydroxyl groups is 1. The van der Waals surface area contributed by atoms with Crippen molar-refractivity contribution >= 4 is 12.1 Å². The van der Waals surface area contributed by atoms with Gasteiger partial charge < -0.3 is 9.84 Å². The second kappa shape index (κ2) is 8.44. The first-order valence-electron chi connectivity index (χ1n) is 7.54. The van der Waals surface area contributed by atoms with Crippen molar-refractivity contribution in [1.82, 2.24) is 5.43 Å². The van der Waals surface area contributed by atoms with Crippen LogP contribution in [0.15, 0.2) is 48.1 Å². The monoisotopic (exact) mass is 353 g/mol. The molecule has 0 aliphatic rings. The number of allylic oxidation sites excluding steroid dienone is 1. The number of benzene rings is 2. The molecule has 0 aromatic heterocycles. The molecule has 0 spiro atoms. The molecule has 0 aliphatic heterocycles. The first-order chi connectivity index (χ1) is 12.5. The molecular formula is C19H16FN3O3. The van der Waals surface area contributed by atoms with E-state index in [4.69, 9.17) is 10.00 Å². The summed E-state index contributed by atoms with van der Waals surface area (Å²) >= 11 is 0. The van der Waals surface area contributed by atoms with E-state index in [1.165, 1.54) is 25.5 Å². The van der Waals surface area contributed by atoms with Crippen LogP contribution in [0.3, 0.4) is 0 Å². The predicted octanol–water partition coefficient (Wildman–Crippen LogP) is 2.90. The summed E-state index contributed by atoms with van der Waals surface area (Å²) in [6.45, 7) is 3.62. The number of nitrogens with zero attached hydrogens (tertiary/aromatic N) is 2. The van der Waals surface area contributed by atoms with Gasteiger partial charge in [0.05, 0.1) is 30.5 Å². The molecule has 1 amide bonds. The van der Waals surface area contributed by atoms with Crippen molar-refractivity contribution in [2.75, 3.05) is 7.11 Å². The highest BCUT2D eigenvalue weighted by Gasteiger charge is 2.12.